The molecule has 2 bridgehead atoms. The average Bonchev–Trinajstić information content (AvgIpc) is 2.33. The molecule has 2 atom stereocenters. The van der Waals surface area contributed by atoms with Crippen LogP contribution in [-0.4, -0.2) is 0 Å². The first kappa shape index (κ1) is 10.8. The summed E-state index contributed by atoms with van der Waals surface area (Å²) >= 11 is 0. The number of rotatable bonds is 0. The van der Waals surface area contributed by atoms with Gasteiger partial charge in [0, 0.05) is 23.0 Å². The van der Waals surface area contributed by atoms with Crippen molar-refractivity contribution < 1.29 is 17.6 Å². The summed E-state index contributed by atoms with van der Waals surface area (Å²) in [7, 11) is 0. The first-order chi connectivity index (χ1) is 8.02. The molecule has 1 aromatic carbocycles. The molecule has 0 radical (unpaired) electrons. The zero-order valence-corrected chi connectivity index (χ0v) is 9.16. The molecular formula is C13H10F4. The lowest BCUT2D eigenvalue weighted by atomic mass is 9.67. The monoisotopic (exact) mass is 242 g/mol. The van der Waals surface area contributed by atoms with Crippen molar-refractivity contribution in [1.82, 2.24) is 0 Å². The second kappa shape index (κ2) is 3.34. The van der Waals surface area contributed by atoms with Crippen LogP contribution < -0.4 is 0 Å². The van der Waals surface area contributed by atoms with Gasteiger partial charge in [-0.3, -0.25) is 0 Å². The summed E-state index contributed by atoms with van der Waals surface area (Å²) in [4.78, 5) is 0. The molecule has 90 valence electrons. The number of fused-ring (bicyclic) bond motifs is 1. The van der Waals surface area contributed by atoms with Crippen LogP contribution in [0.5, 0.6) is 0 Å². The third kappa shape index (κ3) is 1.24. The van der Waals surface area contributed by atoms with Crippen LogP contribution in [0.15, 0.2) is 11.6 Å². The predicted octanol–water partition coefficient (Wildman–Crippen LogP) is 4.16. The number of hydrogen-bond acceptors (Lipinski definition) is 0. The molecule has 0 aromatic heterocycles. The summed E-state index contributed by atoms with van der Waals surface area (Å²) in [6.07, 6.45) is 3.16. The van der Waals surface area contributed by atoms with Gasteiger partial charge >= 0.3 is 0 Å². The lowest BCUT2D eigenvalue weighted by molar-refractivity contribution is 0.375. The van der Waals surface area contributed by atoms with Crippen molar-refractivity contribution >= 4 is 0 Å². The smallest absolute Gasteiger partial charge is 0.197 e. The molecule has 17 heavy (non-hydrogen) atoms. The average molecular weight is 242 g/mol. The van der Waals surface area contributed by atoms with Crippen molar-refractivity contribution in [2.45, 2.75) is 31.6 Å². The minimum atomic E-state index is -1.69. The molecule has 0 aliphatic heterocycles. The van der Waals surface area contributed by atoms with Crippen LogP contribution in [0.1, 0.15) is 42.7 Å². The Morgan fingerprint density at radius 3 is 2.06 bits per heavy atom. The lowest BCUT2D eigenvalue weighted by Gasteiger charge is -2.37. The quantitative estimate of drug-likeness (QED) is 0.277. The van der Waals surface area contributed by atoms with Crippen molar-refractivity contribution in [1.29, 1.82) is 0 Å². The van der Waals surface area contributed by atoms with E-state index in [0.717, 1.165) is 5.57 Å². The molecule has 0 heterocycles. The second-order valence-corrected chi connectivity index (χ2v) is 4.73. The number of halogens is 4. The van der Waals surface area contributed by atoms with E-state index in [-0.39, 0.29) is 23.0 Å². The Kier molecular flexibility index (Phi) is 2.12. The summed E-state index contributed by atoms with van der Waals surface area (Å²) < 4.78 is 53.9. The van der Waals surface area contributed by atoms with E-state index in [1.165, 1.54) is 0 Å². The van der Waals surface area contributed by atoms with Gasteiger partial charge in [-0.15, -0.1) is 0 Å². The molecule has 0 fully saturated rings. The highest BCUT2D eigenvalue weighted by atomic mass is 19.2. The maximum atomic E-state index is 13.7. The molecule has 1 aromatic rings. The molecule has 0 amide bonds. The summed E-state index contributed by atoms with van der Waals surface area (Å²) in [6, 6.07) is 0. The Bertz CT molecular complexity index is 545. The minimum absolute atomic E-state index is 0.0169. The molecule has 0 unspecified atom stereocenters. The van der Waals surface area contributed by atoms with Crippen LogP contribution in [0.3, 0.4) is 0 Å². The highest BCUT2D eigenvalue weighted by molar-refractivity contribution is 5.49. The maximum absolute atomic E-state index is 13.7. The normalized spacial score (nSPS) is 25.8. The van der Waals surface area contributed by atoms with Gasteiger partial charge < -0.3 is 0 Å². The molecule has 4 rings (SSSR count). The minimum Gasteiger partial charge on any atom is -0.203 e. The molecule has 0 spiro atoms. The van der Waals surface area contributed by atoms with Crippen molar-refractivity contribution in [3.8, 4) is 0 Å². The van der Waals surface area contributed by atoms with Crippen molar-refractivity contribution in [3.63, 3.8) is 0 Å². The molecule has 3 aliphatic carbocycles. The zero-order valence-electron chi connectivity index (χ0n) is 9.16. The van der Waals surface area contributed by atoms with E-state index < -0.39 is 23.3 Å². The summed E-state index contributed by atoms with van der Waals surface area (Å²) in [6.45, 7) is 1.82. The summed E-state index contributed by atoms with van der Waals surface area (Å²) in [5.41, 5.74) is 0.957. The van der Waals surface area contributed by atoms with Gasteiger partial charge in [-0.2, -0.15) is 0 Å². The molecule has 4 heteroatoms. The van der Waals surface area contributed by atoms with Gasteiger partial charge in [0.15, 0.2) is 23.3 Å². The van der Waals surface area contributed by atoms with Crippen LogP contribution in [-0.2, 0) is 0 Å². The first-order valence-electron chi connectivity index (χ1n) is 5.56. The van der Waals surface area contributed by atoms with Crippen LogP contribution in [0.25, 0.3) is 0 Å². The van der Waals surface area contributed by atoms with Gasteiger partial charge in [-0.1, -0.05) is 11.6 Å². The van der Waals surface area contributed by atoms with Gasteiger partial charge in [0.05, 0.1) is 0 Å². The van der Waals surface area contributed by atoms with Gasteiger partial charge in [-0.05, 0) is 19.8 Å². The SMILES string of the molecule is CC1=C[C@H]2CC[C@@H]1c1c(F)c(F)c(F)c(F)c12. The zero-order chi connectivity index (χ0) is 12.3. The summed E-state index contributed by atoms with van der Waals surface area (Å²) in [5.74, 6) is -6.46. The third-order valence-electron chi connectivity index (χ3n) is 3.84. The third-order valence-corrected chi connectivity index (χ3v) is 3.84. The Morgan fingerprint density at radius 2 is 1.47 bits per heavy atom. The van der Waals surface area contributed by atoms with Gasteiger partial charge in [-0.25, -0.2) is 17.6 Å². The molecule has 0 saturated heterocycles. The van der Waals surface area contributed by atoms with E-state index in [0.29, 0.717) is 12.8 Å². The first-order valence-corrected chi connectivity index (χ1v) is 5.56. The van der Waals surface area contributed by atoms with Gasteiger partial charge in [0.25, 0.3) is 0 Å². The van der Waals surface area contributed by atoms with Crippen LogP contribution in [0.2, 0.25) is 0 Å². The van der Waals surface area contributed by atoms with Gasteiger partial charge in [0.2, 0.25) is 0 Å². The molecule has 0 saturated carbocycles. The van der Waals surface area contributed by atoms with E-state index >= 15 is 0 Å². The fourth-order valence-corrected chi connectivity index (χ4v) is 3.06. The molecule has 0 nitrogen and oxygen atoms in total. The molecule has 3 aliphatic rings. The standard InChI is InChI=1S/C13H10F4/c1-5-4-6-2-3-7(5)9-8(6)10(14)12(16)13(17)11(9)15/h4,6-7H,2-3H2,1H3/t6-,7+/m1/s1. The van der Waals surface area contributed by atoms with E-state index in [1.54, 1.807) is 0 Å². The van der Waals surface area contributed by atoms with E-state index in [1.807, 2.05) is 13.0 Å². The number of benzene rings is 1. The second-order valence-electron chi connectivity index (χ2n) is 4.73. The fraction of sp³-hybridized carbons (Fsp3) is 0.385. The Morgan fingerprint density at radius 1 is 0.882 bits per heavy atom. The Balaban J connectivity index is 2.37. The maximum Gasteiger partial charge on any atom is 0.197 e. The Labute approximate surface area is 95.9 Å². The highest BCUT2D eigenvalue weighted by Crippen LogP contribution is 2.51. The highest BCUT2D eigenvalue weighted by Gasteiger charge is 2.39. The van der Waals surface area contributed by atoms with E-state index in [2.05, 4.69) is 0 Å². The van der Waals surface area contributed by atoms with Crippen molar-refractivity contribution in [2.24, 2.45) is 0 Å². The fourth-order valence-electron chi connectivity index (χ4n) is 3.06. The van der Waals surface area contributed by atoms with E-state index in [4.69, 9.17) is 0 Å². The van der Waals surface area contributed by atoms with Crippen molar-refractivity contribution in [3.05, 3.63) is 46.0 Å². The lowest BCUT2D eigenvalue weighted by Crippen LogP contribution is -2.25. The largest absolute Gasteiger partial charge is 0.203 e. The van der Waals surface area contributed by atoms with Crippen LogP contribution in [0, 0.1) is 23.3 Å². The molecule has 0 N–H and O–H groups in total. The summed E-state index contributed by atoms with van der Waals surface area (Å²) in [5, 5.41) is 0. The van der Waals surface area contributed by atoms with Crippen LogP contribution in [0.4, 0.5) is 17.6 Å². The Hall–Kier alpha value is -1.32. The number of allylic oxidation sites excluding steroid dienone is 2. The topological polar surface area (TPSA) is 0 Å². The van der Waals surface area contributed by atoms with Crippen LogP contribution >= 0.6 is 0 Å². The number of hydrogen-bond donors (Lipinski definition) is 0. The van der Waals surface area contributed by atoms with Gasteiger partial charge in [0.1, 0.15) is 0 Å². The predicted molar refractivity (Wildman–Crippen MR) is 54.7 cm³/mol. The molecular weight excluding hydrogens is 232 g/mol. The van der Waals surface area contributed by atoms with Crippen molar-refractivity contribution in [2.75, 3.05) is 0 Å². The van der Waals surface area contributed by atoms with E-state index in [9.17, 15) is 17.6 Å².